The summed E-state index contributed by atoms with van der Waals surface area (Å²) in [5, 5.41) is 0. The molecule has 0 aliphatic carbocycles. The largest absolute Gasteiger partial charge is 0.466 e. The topological polar surface area (TPSA) is 26.3 Å². The van der Waals surface area contributed by atoms with Crippen molar-refractivity contribution in [3.8, 4) is 0 Å². The number of esters is 1. The van der Waals surface area contributed by atoms with E-state index in [4.69, 9.17) is 0 Å². The predicted molar refractivity (Wildman–Crippen MR) is 86.6 cm³/mol. The molecule has 0 heterocycles. The minimum Gasteiger partial charge on any atom is -0.466 e. The van der Waals surface area contributed by atoms with Gasteiger partial charge < -0.3 is 4.74 Å². The zero-order valence-electron chi connectivity index (χ0n) is 13.7. The summed E-state index contributed by atoms with van der Waals surface area (Å²) in [6.45, 7) is 8.55. The maximum atomic E-state index is 11.1. The van der Waals surface area contributed by atoms with Crippen molar-refractivity contribution in [1.82, 2.24) is 0 Å². The molecule has 0 aliphatic heterocycles. The molecule has 1 atom stereocenters. The van der Waals surface area contributed by atoms with Crippen LogP contribution in [0.25, 0.3) is 0 Å². The number of carbonyl (C=O) groups excluding carboxylic acids is 1. The Kier molecular flexibility index (Phi) is 10.8. The zero-order chi connectivity index (χ0) is 15.4. The highest BCUT2D eigenvalue weighted by Gasteiger charge is 2.03. The fourth-order valence-electron chi connectivity index (χ4n) is 1.94. The molecule has 0 bridgehead atoms. The molecule has 0 aromatic rings. The van der Waals surface area contributed by atoms with Gasteiger partial charge in [-0.05, 0) is 51.0 Å². The molecule has 0 spiro atoms. The molecule has 20 heavy (non-hydrogen) atoms. The Morgan fingerprint density at radius 1 is 1.25 bits per heavy atom. The first-order valence-corrected chi connectivity index (χ1v) is 7.61. The molecular formula is C18H30O2. The second kappa shape index (κ2) is 11.5. The molecule has 114 valence electrons. The van der Waals surface area contributed by atoms with Crippen molar-refractivity contribution in [2.45, 2.75) is 59.8 Å². The van der Waals surface area contributed by atoms with Crippen LogP contribution in [-0.4, -0.2) is 13.1 Å². The van der Waals surface area contributed by atoms with Gasteiger partial charge in [-0.3, -0.25) is 0 Å². The van der Waals surface area contributed by atoms with Crippen molar-refractivity contribution in [3.05, 3.63) is 35.5 Å². The molecule has 0 rings (SSSR count). The molecule has 1 unspecified atom stereocenters. The quantitative estimate of drug-likeness (QED) is 0.250. The maximum Gasteiger partial charge on any atom is 0.330 e. The molecule has 2 nitrogen and oxygen atoms in total. The smallest absolute Gasteiger partial charge is 0.330 e. The first-order valence-electron chi connectivity index (χ1n) is 7.61. The van der Waals surface area contributed by atoms with Crippen LogP contribution in [0.3, 0.4) is 0 Å². The Balaban J connectivity index is 4.18. The van der Waals surface area contributed by atoms with Crippen LogP contribution in [0.4, 0.5) is 0 Å². The van der Waals surface area contributed by atoms with Crippen molar-refractivity contribution < 1.29 is 9.53 Å². The van der Waals surface area contributed by atoms with Crippen LogP contribution in [0.5, 0.6) is 0 Å². The van der Waals surface area contributed by atoms with E-state index in [0.717, 1.165) is 24.3 Å². The van der Waals surface area contributed by atoms with E-state index in [-0.39, 0.29) is 5.97 Å². The lowest BCUT2D eigenvalue weighted by molar-refractivity contribution is -0.134. The molecule has 0 saturated heterocycles. The third kappa shape index (κ3) is 9.60. The van der Waals surface area contributed by atoms with E-state index in [1.807, 2.05) is 13.0 Å². The first-order chi connectivity index (χ1) is 9.53. The lowest BCUT2D eigenvalue weighted by atomic mass is 9.95. The summed E-state index contributed by atoms with van der Waals surface area (Å²) in [6.07, 6.45) is 13.9. The van der Waals surface area contributed by atoms with Crippen molar-refractivity contribution in [1.29, 1.82) is 0 Å². The van der Waals surface area contributed by atoms with E-state index in [0.29, 0.717) is 0 Å². The number of methoxy groups -OCH3 is 1. The third-order valence-corrected chi connectivity index (χ3v) is 3.60. The summed E-state index contributed by atoms with van der Waals surface area (Å²) in [5.41, 5.74) is 2.42. The SMILES string of the molecule is CC/C(C)=C/CCC(CC)C/C=C/C(C)=C/C(=O)OC. The fraction of sp³-hybridized carbons (Fsp3) is 0.611. The number of hydrogen-bond donors (Lipinski definition) is 0. The normalized spacial score (nSPS) is 14.7. The Labute approximate surface area is 124 Å². The van der Waals surface area contributed by atoms with Crippen LogP contribution in [0.1, 0.15) is 59.8 Å². The summed E-state index contributed by atoms with van der Waals surface area (Å²) in [7, 11) is 1.40. The molecular weight excluding hydrogens is 248 g/mol. The summed E-state index contributed by atoms with van der Waals surface area (Å²) in [5.74, 6) is 0.428. The van der Waals surface area contributed by atoms with Gasteiger partial charge in [0.05, 0.1) is 7.11 Å². The van der Waals surface area contributed by atoms with Gasteiger partial charge in [-0.2, -0.15) is 0 Å². The van der Waals surface area contributed by atoms with Crippen LogP contribution in [0.2, 0.25) is 0 Å². The number of allylic oxidation sites excluding steroid dienone is 5. The van der Waals surface area contributed by atoms with Gasteiger partial charge in [-0.15, -0.1) is 0 Å². The summed E-state index contributed by atoms with van der Waals surface area (Å²) >= 11 is 0. The molecule has 0 amide bonds. The Hall–Kier alpha value is -1.31. The monoisotopic (exact) mass is 278 g/mol. The molecule has 0 N–H and O–H groups in total. The van der Waals surface area contributed by atoms with Crippen LogP contribution in [-0.2, 0) is 9.53 Å². The Morgan fingerprint density at radius 3 is 2.50 bits per heavy atom. The van der Waals surface area contributed by atoms with Gasteiger partial charge in [0.25, 0.3) is 0 Å². The van der Waals surface area contributed by atoms with Crippen LogP contribution < -0.4 is 0 Å². The predicted octanol–water partition coefficient (Wildman–Crippen LogP) is 5.21. The van der Waals surface area contributed by atoms with Crippen LogP contribution in [0, 0.1) is 5.92 Å². The van der Waals surface area contributed by atoms with E-state index < -0.39 is 0 Å². The highest BCUT2D eigenvalue weighted by Crippen LogP contribution is 2.17. The Morgan fingerprint density at radius 2 is 1.95 bits per heavy atom. The highest BCUT2D eigenvalue weighted by molar-refractivity contribution is 5.83. The minimum atomic E-state index is -0.292. The van der Waals surface area contributed by atoms with Crippen molar-refractivity contribution in [3.63, 3.8) is 0 Å². The van der Waals surface area contributed by atoms with Gasteiger partial charge in [0, 0.05) is 6.08 Å². The van der Waals surface area contributed by atoms with Crippen molar-refractivity contribution in [2.24, 2.45) is 5.92 Å². The molecule has 2 heteroatoms. The molecule has 0 aromatic heterocycles. The van der Waals surface area contributed by atoms with Gasteiger partial charge in [0.15, 0.2) is 0 Å². The van der Waals surface area contributed by atoms with Gasteiger partial charge >= 0.3 is 5.97 Å². The standard InChI is InChI=1S/C18H30O2/c1-6-15(3)10-8-12-17(7-2)13-9-11-16(4)14-18(19)20-5/h9-11,14,17H,6-8,12-13H2,1-5H3/b11-9+,15-10+,16-14+. The average molecular weight is 278 g/mol. The summed E-state index contributed by atoms with van der Waals surface area (Å²) < 4.78 is 4.60. The molecule has 0 radical (unpaired) electrons. The summed E-state index contributed by atoms with van der Waals surface area (Å²) in [6, 6.07) is 0. The maximum absolute atomic E-state index is 11.1. The first kappa shape index (κ1) is 18.7. The molecule has 0 saturated carbocycles. The van der Waals surface area contributed by atoms with Gasteiger partial charge in [0.2, 0.25) is 0 Å². The zero-order valence-corrected chi connectivity index (χ0v) is 13.7. The van der Waals surface area contributed by atoms with E-state index in [1.165, 1.54) is 38.0 Å². The van der Waals surface area contributed by atoms with Gasteiger partial charge in [0.1, 0.15) is 0 Å². The lowest BCUT2D eigenvalue weighted by Gasteiger charge is -2.11. The number of carbonyl (C=O) groups is 1. The molecule has 0 aliphatic rings. The number of ether oxygens (including phenoxy) is 1. The number of hydrogen-bond acceptors (Lipinski definition) is 2. The van der Waals surface area contributed by atoms with Gasteiger partial charge in [-0.25, -0.2) is 4.79 Å². The number of rotatable bonds is 9. The molecule has 0 fully saturated rings. The Bertz CT molecular complexity index is 362. The second-order valence-electron chi connectivity index (χ2n) is 5.31. The third-order valence-electron chi connectivity index (χ3n) is 3.60. The fourth-order valence-corrected chi connectivity index (χ4v) is 1.94. The lowest BCUT2D eigenvalue weighted by Crippen LogP contribution is -1.97. The molecule has 0 aromatic carbocycles. The van der Waals surface area contributed by atoms with Crippen LogP contribution in [0.15, 0.2) is 35.5 Å². The second-order valence-corrected chi connectivity index (χ2v) is 5.31. The van der Waals surface area contributed by atoms with E-state index >= 15 is 0 Å². The average Bonchev–Trinajstić information content (AvgIpc) is 2.44. The van der Waals surface area contributed by atoms with Gasteiger partial charge in [-0.1, -0.05) is 44.1 Å². The van der Waals surface area contributed by atoms with Crippen molar-refractivity contribution in [2.75, 3.05) is 7.11 Å². The van der Waals surface area contributed by atoms with E-state index in [2.05, 4.69) is 37.7 Å². The highest BCUT2D eigenvalue weighted by atomic mass is 16.5. The van der Waals surface area contributed by atoms with E-state index in [1.54, 1.807) is 0 Å². The minimum absolute atomic E-state index is 0.292. The summed E-state index contributed by atoms with van der Waals surface area (Å²) in [4.78, 5) is 11.1. The van der Waals surface area contributed by atoms with Crippen molar-refractivity contribution >= 4 is 5.97 Å². The van der Waals surface area contributed by atoms with Crippen LogP contribution >= 0.6 is 0 Å². The van der Waals surface area contributed by atoms with E-state index in [9.17, 15) is 4.79 Å².